The summed E-state index contributed by atoms with van der Waals surface area (Å²) >= 11 is 0. The van der Waals surface area contributed by atoms with Crippen LogP contribution in [0.2, 0.25) is 0 Å². The van der Waals surface area contributed by atoms with Gasteiger partial charge in [0.2, 0.25) is 11.8 Å². The lowest BCUT2D eigenvalue weighted by atomic mass is 10.1. The van der Waals surface area contributed by atoms with Gasteiger partial charge in [0.25, 0.3) is 0 Å². The predicted molar refractivity (Wildman–Crippen MR) is 79.0 cm³/mol. The number of amides is 3. The molecule has 0 spiro atoms. The first kappa shape index (κ1) is 16.3. The van der Waals surface area contributed by atoms with E-state index in [1.165, 1.54) is 0 Å². The molecule has 1 aliphatic heterocycles. The Morgan fingerprint density at radius 1 is 1.50 bits per heavy atom. The summed E-state index contributed by atoms with van der Waals surface area (Å²) in [7, 11) is 1.75. The Hall–Kier alpha value is -2.12. The highest BCUT2D eigenvalue weighted by atomic mass is 16.5. The molecule has 8 nitrogen and oxygen atoms in total. The zero-order valence-corrected chi connectivity index (χ0v) is 13.3. The summed E-state index contributed by atoms with van der Waals surface area (Å²) < 4.78 is 5.12. The maximum atomic E-state index is 12.3. The van der Waals surface area contributed by atoms with Crippen LogP contribution in [0.4, 0.5) is 4.79 Å². The zero-order valence-electron chi connectivity index (χ0n) is 13.3. The summed E-state index contributed by atoms with van der Waals surface area (Å²) in [6.07, 6.45) is 1.84. The highest BCUT2D eigenvalue weighted by Crippen LogP contribution is 2.11. The first-order valence-electron chi connectivity index (χ1n) is 7.64. The fourth-order valence-electron chi connectivity index (χ4n) is 2.38. The van der Waals surface area contributed by atoms with E-state index < -0.39 is 0 Å². The van der Waals surface area contributed by atoms with Crippen molar-refractivity contribution in [3.8, 4) is 0 Å². The van der Waals surface area contributed by atoms with Gasteiger partial charge in [0.1, 0.15) is 6.54 Å². The summed E-state index contributed by atoms with van der Waals surface area (Å²) in [4.78, 5) is 31.3. The standard InChI is InChI=1S/C14H23N5O3/c1-4-11-16-12(22-17-11)9-19(5-2)14(21)15-10-6-7-13(20)18(3)8-10/h10H,4-9H2,1-3H3,(H,15,21)/t10-/m0/s1. The molecule has 1 aromatic rings. The van der Waals surface area contributed by atoms with E-state index in [9.17, 15) is 9.59 Å². The molecule has 3 amide bonds. The molecule has 1 N–H and O–H groups in total. The number of aromatic nitrogens is 2. The van der Waals surface area contributed by atoms with Gasteiger partial charge in [0, 0.05) is 39.0 Å². The number of rotatable bonds is 5. The third-order valence-corrected chi connectivity index (χ3v) is 3.78. The number of urea groups is 1. The SMILES string of the molecule is CCc1noc(CN(CC)C(=O)N[C@H]2CCC(=O)N(C)C2)n1. The lowest BCUT2D eigenvalue weighted by molar-refractivity contribution is -0.132. The van der Waals surface area contributed by atoms with Gasteiger partial charge in [-0.1, -0.05) is 12.1 Å². The molecule has 1 fully saturated rings. The van der Waals surface area contributed by atoms with Gasteiger partial charge >= 0.3 is 6.03 Å². The van der Waals surface area contributed by atoms with Crippen molar-refractivity contribution in [1.82, 2.24) is 25.3 Å². The van der Waals surface area contributed by atoms with Crippen molar-refractivity contribution < 1.29 is 14.1 Å². The molecule has 0 saturated carbocycles. The molecule has 1 atom stereocenters. The van der Waals surface area contributed by atoms with E-state index in [-0.39, 0.29) is 24.5 Å². The molecule has 22 heavy (non-hydrogen) atoms. The highest BCUT2D eigenvalue weighted by Gasteiger charge is 2.26. The molecular formula is C14H23N5O3. The molecule has 0 aliphatic carbocycles. The number of carbonyl (C=O) groups excluding carboxylic acids is 2. The minimum absolute atomic E-state index is 0.0156. The predicted octanol–water partition coefficient (Wildman–Crippen LogP) is 0.784. The van der Waals surface area contributed by atoms with Crippen molar-refractivity contribution in [1.29, 1.82) is 0 Å². The summed E-state index contributed by atoms with van der Waals surface area (Å²) in [6, 6.07) is -0.190. The van der Waals surface area contributed by atoms with Crippen molar-refractivity contribution in [2.75, 3.05) is 20.1 Å². The molecular weight excluding hydrogens is 286 g/mol. The molecule has 0 aromatic carbocycles. The van der Waals surface area contributed by atoms with Gasteiger partial charge in [-0.15, -0.1) is 0 Å². The van der Waals surface area contributed by atoms with Crippen LogP contribution in [0.3, 0.4) is 0 Å². The molecule has 1 aliphatic rings. The van der Waals surface area contributed by atoms with E-state index in [0.29, 0.717) is 44.1 Å². The van der Waals surface area contributed by atoms with Crippen LogP contribution in [-0.2, 0) is 17.8 Å². The number of piperidine rings is 1. The van der Waals surface area contributed by atoms with Crippen LogP contribution in [0.5, 0.6) is 0 Å². The first-order valence-corrected chi connectivity index (χ1v) is 7.64. The van der Waals surface area contributed by atoms with E-state index in [4.69, 9.17) is 4.52 Å². The van der Waals surface area contributed by atoms with Gasteiger partial charge in [-0.2, -0.15) is 4.98 Å². The van der Waals surface area contributed by atoms with E-state index in [2.05, 4.69) is 15.5 Å². The lowest BCUT2D eigenvalue weighted by Gasteiger charge is -2.31. The molecule has 122 valence electrons. The summed E-state index contributed by atoms with van der Waals surface area (Å²) in [5.41, 5.74) is 0. The van der Waals surface area contributed by atoms with Gasteiger partial charge in [0.15, 0.2) is 5.82 Å². The van der Waals surface area contributed by atoms with Gasteiger partial charge < -0.3 is 19.6 Å². The largest absolute Gasteiger partial charge is 0.344 e. The number of aryl methyl sites for hydroxylation is 1. The lowest BCUT2D eigenvalue weighted by Crippen LogP contribution is -2.51. The molecule has 0 bridgehead atoms. The summed E-state index contributed by atoms with van der Waals surface area (Å²) in [6.45, 7) is 5.21. The fourth-order valence-corrected chi connectivity index (χ4v) is 2.38. The smallest absolute Gasteiger partial charge is 0.318 e. The third kappa shape index (κ3) is 3.96. The van der Waals surface area contributed by atoms with Crippen LogP contribution in [-0.4, -0.2) is 58.1 Å². The van der Waals surface area contributed by atoms with Crippen LogP contribution in [0.15, 0.2) is 4.52 Å². The molecule has 1 aromatic heterocycles. The molecule has 1 saturated heterocycles. The Balaban J connectivity index is 1.90. The van der Waals surface area contributed by atoms with Crippen molar-refractivity contribution in [2.24, 2.45) is 0 Å². The average Bonchev–Trinajstić information content (AvgIpc) is 2.96. The quantitative estimate of drug-likeness (QED) is 0.868. The second-order valence-electron chi connectivity index (χ2n) is 5.43. The normalized spacial score (nSPS) is 18.4. The fraction of sp³-hybridized carbons (Fsp3) is 0.714. The highest BCUT2D eigenvalue weighted by molar-refractivity contribution is 5.78. The number of nitrogens with zero attached hydrogens (tertiary/aromatic N) is 4. The van der Waals surface area contributed by atoms with Crippen molar-refractivity contribution in [2.45, 2.75) is 45.7 Å². The summed E-state index contributed by atoms with van der Waals surface area (Å²) in [5, 5.41) is 6.79. The average molecular weight is 309 g/mol. The number of nitrogens with one attached hydrogen (secondary N) is 1. The molecule has 0 unspecified atom stereocenters. The van der Waals surface area contributed by atoms with Crippen LogP contribution in [0.1, 0.15) is 38.4 Å². The second kappa shape index (κ2) is 7.24. The molecule has 2 heterocycles. The maximum absolute atomic E-state index is 12.3. The van der Waals surface area contributed by atoms with Gasteiger partial charge in [-0.05, 0) is 13.3 Å². The number of carbonyl (C=O) groups is 2. The monoisotopic (exact) mass is 309 g/mol. The molecule has 8 heteroatoms. The minimum atomic E-state index is -0.175. The van der Waals surface area contributed by atoms with E-state index in [0.717, 1.165) is 0 Å². The number of likely N-dealkylation sites (tertiary alicyclic amines) is 1. The molecule has 0 radical (unpaired) electrons. The topological polar surface area (TPSA) is 91.6 Å². The number of hydrogen-bond donors (Lipinski definition) is 1. The van der Waals surface area contributed by atoms with Gasteiger partial charge in [-0.3, -0.25) is 4.79 Å². The minimum Gasteiger partial charge on any atom is -0.344 e. The Bertz CT molecular complexity index is 530. The Morgan fingerprint density at radius 3 is 2.86 bits per heavy atom. The van der Waals surface area contributed by atoms with Gasteiger partial charge in [-0.25, -0.2) is 4.79 Å². The van der Waals surface area contributed by atoms with Crippen LogP contribution in [0.25, 0.3) is 0 Å². The third-order valence-electron chi connectivity index (χ3n) is 3.78. The van der Waals surface area contributed by atoms with E-state index >= 15 is 0 Å². The van der Waals surface area contributed by atoms with Crippen molar-refractivity contribution in [3.05, 3.63) is 11.7 Å². The van der Waals surface area contributed by atoms with E-state index in [1.54, 1.807) is 16.8 Å². The maximum Gasteiger partial charge on any atom is 0.318 e. The Morgan fingerprint density at radius 2 is 2.27 bits per heavy atom. The molecule has 2 rings (SSSR count). The van der Waals surface area contributed by atoms with Crippen molar-refractivity contribution >= 4 is 11.9 Å². The van der Waals surface area contributed by atoms with E-state index in [1.807, 2.05) is 13.8 Å². The van der Waals surface area contributed by atoms with Gasteiger partial charge in [0.05, 0.1) is 0 Å². The Kier molecular flexibility index (Phi) is 5.35. The second-order valence-corrected chi connectivity index (χ2v) is 5.43. The number of likely N-dealkylation sites (N-methyl/N-ethyl adjacent to an activating group) is 1. The van der Waals surface area contributed by atoms with Crippen LogP contribution < -0.4 is 5.32 Å². The van der Waals surface area contributed by atoms with Crippen molar-refractivity contribution in [3.63, 3.8) is 0 Å². The van der Waals surface area contributed by atoms with Crippen LogP contribution in [0, 0.1) is 0 Å². The summed E-state index contributed by atoms with van der Waals surface area (Å²) in [5.74, 6) is 1.19. The van der Waals surface area contributed by atoms with Crippen LogP contribution >= 0.6 is 0 Å². The zero-order chi connectivity index (χ0) is 16.1. The number of hydrogen-bond acceptors (Lipinski definition) is 5. The first-order chi connectivity index (χ1) is 10.5. The Labute approximate surface area is 129 Å².